The van der Waals surface area contributed by atoms with Gasteiger partial charge in [-0.1, -0.05) is 42.5 Å². The molecule has 0 fully saturated rings. The van der Waals surface area contributed by atoms with Crippen LogP contribution < -0.4 is 10.9 Å². The lowest BCUT2D eigenvalue weighted by molar-refractivity contribution is 0.710. The van der Waals surface area contributed by atoms with Crippen molar-refractivity contribution < 1.29 is 0 Å². The third-order valence-electron chi connectivity index (χ3n) is 4.56. The average molecular weight is 386 g/mol. The maximum absolute atomic E-state index is 13.2. The molecule has 2 aromatic carbocycles. The summed E-state index contributed by atoms with van der Waals surface area (Å²) in [6.07, 6.45) is 0. The second-order valence-electron chi connectivity index (χ2n) is 6.50. The fraction of sp³-hybridized carbons (Fsp3) is 0.136. The van der Waals surface area contributed by atoms with Gasteiger partial charge < -0.3 is 5.32 Å². The zero-order valence-electron chi connectivity index (χ0n) is 15.3. The summed E-state index contributed by atoms with van der Waals surface area (Å²) in [6, 6.07) is 19.9. The van der Waals surface area contributed by atoms with E-state index in [9.17, 15) is 10.1 Å². The Bertz CT molecular complexity index is 1240. The maximum Gasteiger partial charge on any atom is 0.263 e. The van der Waals surface area contributed by atoms with Crippen LogP contribution >= 0.6 is 11.3 Å². The molecule has 0 spiro atoms. The molecule has 2 aromatic heterocycles. The van der Waals surface area contributed by atoms with Gasteiger partial charge in [0.1, 0.15) is 17.2 Å². The Morgan fingerprint density at radius 1 is 1.18 bits per heavy atom. The molecule has 0 bridgehead atoms. The van der Waals surface area contributed by atoms with E-state index in [0.29, 0.717) is 22.6 Å². The lowest BCUT2D eigenvalue weighted by atomic mass is 10.1. The lowest BCUT2D eigenvalue weighted by Crippen LogP contribution is -2.26. The van der Waals surface area contributed by atoms with Crippen molar-refractivity contribution in [2.45, 2.75) is 20.0 Å². The molecule has 0 unspecified atom stereocenters. The van der Waals surface area contributed by atoms with Gasteiger partial charge in [-0.25, -0.2) is 4.98 Å². The standard InChI is InChI=1S/C22H18N4OS/c1-15-6-5-9-17(12-15)24-13-19-25-21-20(22(27)26(19)11-10-23)18(14-28-21)16-7-3-2-4-8-16/h2-9,12,14,24H,11,13H2,1H3. The van der Waals surface area contributed by atoms with Gasteiger partial charge in [0.15, 0.2) is 0 Å². The van der Waals surface area contributed by atoms with Gasteiger partial charge in [0.2, 0.25) is 0 Å². The van der Waals surface area contributed by atoms with Gasteiger partial charge >= 0.3 is 0 Å². The number of thiophene rings is 1. The van der Waals surface area contributed by atoms with Crippen molar-refractivity contribution in [2.75, 3.05) is 5.32 Å². The van der Waals surface area contributed by atoms with Crippen LogP contribution in [-0.4, -0.2) is 9.55 Å². The largest absolute Gasteiger partial charge is 0.378 e. The van der Waals surface area contributed by atoms with Crippen molar-refractivity contribution in [3.63, 3.8) is 0 Å². The van der Waals surface area contributed by atoms with Gasteiger partial charge in [-0.3, -0.25) is 9.36 Å². The summed E-state index contributed by atoms with van der Waals surface area (Å²) < 4.78 is 1.46. The summed E-state index contributed by atoms with van der Waals surface area (Å²) in [5.74, 6) is 0.557. The Kier molecular flexibility index (Phi) is 4.92. The summed E-state index contributed by atoms with van der Waals surface area (Å²) >= 11 is 1.45. The number of aryl methyl sites for hydroxylation is 1. The number of benzene rings is 2. The fourth-order valence-corrected chi connectivity index (χ4v) is 4.16. The molecule has 6 heteroatoms. The quantitative estimate of drug-likeness (QED) is 0.545. The van der Waals surface area contributed by atoms with E-state index in [2.05, 4.69) is 11.4 Å². The number of fused-ring (bicyclic) bond motifs is 1. The van der Waals surface area contributed by atoms with Crippen molar-refractivity contribution in [2.24, 2.45) is 0 Å². The smallest absolute Gasteiger partial charge is 0.263 e. The molecule has 0 saturated carbocycles. The van der Waals surface area contributed by atoms with E-state index in [1.165, 1.54) is 15.9 Å². The lowest BCUT2D eigenvalue weighted by Gasteiger charge is -2.12. The van der Waals surface area contributed by atoms with E-state index in [4.69, 9.17) is 4.98 Å². The molecule has 0 aliphatic carbocycles. The number of rotatable bonds is 5. The van der Waals surface area contributed by atoms with Crippen molar-refractivity contribution in [3.05, 3.63) is 81.7 Å². The van der Waals surface area contributed by atoms with E-state index in [1.807, 2.05) is 66.9 Å². The van der Waals surface area contributed by atoms with Crippen molar-refractivity contribution >= 4 is 27.2 Å². The monoisotopic (exact) mass is 386 g/mol. The highest BCUT2D eigenvalue weighted by Crippen LogP contribution is 2.30. The third-order valence-corrected chi connectivity index (χ3v) is 5.43. The van der Waals surface area contributed by atoms with Crippen LogP contribution in [0.15, 0.2) is 64.8 Å². The van der Waals surface area contributed by atoms with Gasteiger partial charge in [0.25, 0.3) is 5.56 Å². The molecule has 0 amide bonds. The molecule has 5 nitrogen and oxygen atoms in total. The van der Waals surface area contributed by atoms with Crippen LogP contribution in [0.25, 0.3) is 21.3 Å². The minimum absolute atomic E-state index is 0.0311. The number of hydrogen-bond acceptors (Lipinski definition) is 5. The molecule has 28 heavy (non-hydrogen) atoms. The Balaban J connectivity index is 1.78. The Hall–Kier alpha value is -3.43. The van der Waals surface area contributed by atoms with E-state index in [-0.39, 0.29) is 12.1 Å². The first-order valence-corrected chi connectivity index (χ1v) is 9.79. The van der Waals surface area contributed by atoms with E-state index in [1.54, 1.807) is 0 Å². The SMILES string of the molecule is Cc1cccc(NCc2nc3scc(-c4ccccc4)c3c(=O)n2CC#N)c1. The normalized spacial score (nSPS) is 10.7. The molecule has 4 rings (SSSR count). The number of aromatic nitrogens is 2. The molecular formula is C22H18N4OS. The van der Waals surface area contributed by atoms with Crippen molar-refractivity contribution in [1.29, 1.82) is 5.26 Å². The van der Waals surface area contributed by atoms with Crippen LogP contribution in [0.1, 0.15) is 11.4 Å². The van der Waals surface area contributed by atoms with Crippen LogP contribution in [-0.2, 0) is 13.1 Å². The second-order valence-corrected chi connectivity index (χ2v) is 7.35. The van der Waals surface area contributed by atoms with Gasteiger partial charge in [0.05, 0.1) is 18.0 Å². The summed E-state index contributed by atoms with van der Waals surface area (Å²) in [5.41, 5.74) is 3.76. The van der Waals surface area contributed by atoms with E-state index in [0.717, 1.165) is 22.4 Å². The molecule has 0 atom stereocenters. The van der Waals surface area contributed by atoms with E-state index >= 15 is 0 Å². The van der Waals surface area contributed by atoms with Crippen LogP contribution in [0.4, 0.5) is 5.69 Å². The van der Waals surface area contributed by atoms with Gasteiger partial charge in [0, 0.05) is 16.6 Å². The van der Waals surface area contributed by atoms with Crippen LogP contribution in [0.3, 0.4) is 0 Å². The maximum atomic E-state index is 13.2. The summed E-state index contributed by atoms with van der Waals surface area (Å²) in [5, 5.41) is 15.1. The topological polar surface area (TPSA) is 70.7 Å². The highest BCUT2D eigenvalue weighted by atomic mass is 32.1. The zero-order chi connectivity index (χ0) is 19.5. The van der Waals surface area contributed by atoms with Gasteiger partial charge in [-0.2, -0.15) is 5.26 Å². The van der Waals surface area contributed by atoms with Gasteiger partial charge in [-0.15, -0.1) is 11.3 Å². The van der Waals surface area contributed by atoms with Crippen LogP contribution in [0.2, 0.25) is 0 Å². The number of nitrogens with one attached hydrogen (secondary N) is 1. The highest BCUT2D eigenvalue weighted by molar-refractivity contribution is 7.17. The molecule has 1 N–H and O–H groups in total. The fourth-order valence-electron chi connectivity index (χ4n) is 3.20. The van der Waals surface area contributed by atoms with Gasteiger partial charge in [-0.05, 0) is 30.2 Å². The Morgan fingerprint density at radius 3 is 2.75 bits per heavy atom. The minimum Gasteiger partial charge on any atom is -0.378 e. The predicted molar refractivity (Wildman–Crippen MR) is 113 cm³/mol. The number of nitrogens with zero attached hydrogens (tertiary/aromatic N) is 3. The molecule has 0 saturated heterocycles. The molecule has 4 aromatic rings. The summed E-state index contributed by atoms with van der Waals surface area (Å²) in [4.78, 5) is 18.6. The van der Waals surface area contributed by atoms with E-state index < -0.39 is 0 Å². The Labute approximate surface area is 166 Å². The molecule has 138 valence electrons. The first-order chi connectivity index (χ1) is 13.7. The summed E-state index contributed by atoms with van der Waals surface area (Å²) in [7, 11) is 0. The minimum atomic E-state index is -0.173. The third kappa shape index (κ3) is 3.40. The zero-order valence-corrected chi connectivity index (χ0v) is 16.2. The van der Waals surface area contributed by atoms with Crippen molar-refractivity contribution in [3.8, 4) is 17.2 Å². The molecule has 0 aliphatic heterocycles. The van der Waals surface area contributed by atoms with Crippen molar-refractivity contribution in [1.82, 2.24) is 9.55 Å². The second kappa shape index (κ2) is 7.67. The van der Waals surface area contributed by atoms with Crippen LogP contribution in [0, 0.1) is 18.3 Å². The predicted octanol–water partition coefficient (Wildman–Crippen LogP) is 4.57. The first-order valence-electron chi connectivity index (χ1n) is 8.91. The molecule has 0 radical (unpaired) electrons. The molecule has 0 aliphatic rings. The average Bonchev–Trinajstić information content (AvgIpc) is 3.14. The molecular weight excluding hydrogens is 368 g/mol. The summed E-state index contributed by atoms with van der Waals surface area (Å²) in [6.45, 7) is 2.36. The highest BCUT2D eigenvalue weighted by Gasteiger charge is 2.16. The number of nitriles is 1. The number of anilines is 1. The number of hydrogen-bond donors (Lipinski definition) is 1. The molecule has 2 heterocycles. The van der Waals surface area contributed by atoms with Crippen LogP contribution in [0.5, 0.6) is 0 Å². The first kappa shape index (κ1) is 18.0. The Morgan fingerprint density at radius 2 is 2.00 bits per heavy atom.